The Morgan fingerprint density at radius 2 is 2.05 bits per heavy atom. The van der Waals surface area contributed by atoms with Crippen LogP contribution in [0.1, 0.15) is 11.5 Å². The van der Waals surface area contributed by atoms with Gasteiger partial charge in [0.15, 0.2) is 0 Å². The van der Waals surface area contributed by atoms with Gasteiger partial charge in [-0.3, -0.25) is 0 Å². The molecule has 0 saturated heterocycles. The van der Waals surface area contributed by atoms with Gasteiger partial charge in [-0.15, -0.1) is 0 Å². The summed E-state index contributed by atoms with van der Waals surface area (Å²) < 4.78 is 35.7. The third-order valence-electron chi connectivity index (χ3n) is 2.69. The number of hydrogen-bond donors (Lipinski definition) is 1. The van der Waals surface area contributed by atoms with E-state index in [4.69, 9.17) is 9.15 Å². The molecule has 0 fully saturated rings. The predicted molar refractivity (Wildman–Crippen MR) is 84.0 cm³/mol. The molecule has 7 heteroatoms. The van der Waals surface area contributed by atoms with E-state index >= 15 is 0 Å². The molecule has 0 atom stereocenters. The second kappa shape index (κ2) is 7.70. The number of benzene rings is 1. The van der Waals surface area contributed by atoms with Crippen LogP contribution in [0.3, 0.4) is 0 Å². The first kappa shape index (κ1) is 16.2. The van der Waals surface area contributed by atoms with Crippen LogP contribution in [-0.2, 0) is 12.3 Å². The maximum atomic E-state index is 12.1. The minimum Gasteiger partial charge on any atom is -0.496 e. The lowest BCUT2D eigenvalue weighted by molar-refractivity contribution is 0.251. The Morgan fingerprint density at radius 3 is 2.71 bits per heavy atom. The van der Waals surface area contributed by atoms with E-state index in [1.807, 2.05) is 18.2 Å². The molecule has 0 unspecified atom stereocenters. The van der Waals surface area contributed by atoms with Gasteiger partial charge in [-0.1, -0.05) is 11.8 Å². The number of anilines is 1. The Bertz CT molecular complexity index is 592. The summed E-state index contributed by atoms with van der Waals surface area (Å²) in [5.41, 5.74) is 0.905. The van der Waals surface area contributed by atoms with Crippen LogP contribution in [0.2, 0.25) is 0 Å². The van der Waals surface area contributed by atoms with Gasteiger partial charge in [0.2, 0.25) is 0 Å². The number of methoxy groups -OCH3 is 1. The standard InChI is InChI=1S/C14H14BrF2NO2S/c1-19-13-5-2-9(6-12(13)15)18-7-10-3-4-11(20-10)8-21-14(16)17/h2-6,14,18H,7-8H2,1H3. The molecule has 21 heavy (non-hydrogen) atoms. The van der Waals surface area contributed by atoms with Gasteiger partial charge >= 0.3 is 0 Å². The highest BCUT2D eigenvalue weighted by molar-refractivity contribution is 9.10. The molecule has 114 valence electrons. The lowest BCUT2D eigenvalue weighted by atomic mass is 10.3. The van der Waals surface area contributed by atoms with Gasteiger partial charge < -0.3 is 14.5 Å². The zero-order chi connectivity index (χ0) is 15.2. The molecule has 0 aliphatic carbocycles. The normalized spacial score (nSPS) is 10.9. The fourth-order valence-corrected chi connectivity index (χ4v) is 2.69. The summed E-state index contributed by atoms with van der Waals surface area (Å²) in [6.45, 7) is 0.484. The summed E-state index contributed by atoms with van der Waals surface area (Å²) in [7, 11) is 1.61. The highest BCUT2D eigenvalue weighted by atomic mass is 79.9. The summed E-state index contributed by atoms with van der Waals surface area (Å²) in [5, 5.41) is 3.20. The topological polar surface area (TPSA) is 34.4 Å². The molecule has 1 aromatic carbocycles. The van der Waals surface area contributed by atoms with E-state index in [9.17, 15) is 8.78 Å². The van der Waals surface area contributed by atoms with Crippen LogP contribution in [0.15, 0.2) is 39.2 Å². The van der Waals surface area contributed by atoms with Crippen molar-refractivity contribution in [1.82, 2.24) is 0 Å². The average molecular weight is 378 g/mol. The van der Waals surface area contributed by atoms with Gasteiger partial charge in [-0.25, -0.2) is 0 Å². The van der Waals surface area contributed by atoms with Crippen LogP contribution >= 0.6 is 27.7 Å². The quantitative estimate of drug-likeness (QED) is 0.726. The Morgan fingerprint density at radius 1 is 1.29 bits per heavy atom. The van der Waals surface area contributed by atoms with Crippen molar-refractivity contribution in [2.75, 3.05) is 12.4 Å². The highest BCUT2D eigenvalue weighted by Crippen LogP contribution is 2.28. The third-order valence-corrected chi connectivity index (χ3v) is 4.01. The Labute approximate surface area is 134 Å². The van der Waals surface area contributed by atoms with E-state index in [1.165, 1.54) is 0 Å². The second-order valence-electron chi connectivity index (χ2n) is 4.14. The van der Waals surface area contributed by atoms with Gasteiger partial charge in [0, 0.05) is 5.69 Å². The average Bonchev–Trinajstić information content (AvgIpc) is 2.91. The van der Waals surface area contributed by atoms with Crippen molar-refractivity contribution >= 4 is 33.4 Å². The molecule has 0 saturated carbocycles. The van der Waals surface area contributed by atoms with Crippen LogP contribution in [0, 0.1) is 0 Å². The summed E-state index contributed by atoms with van der Waals surface area (Å²) in [5.74, 6) is -0.204. The molecule has 3 nitrogen and oxygen atoms in total. The molecule has 0 radical (unpaired) electrons. The number of furan rings is 1. The van der Waals surface area contributed by atoms with E-state index in [-0.39, 0.29) is 5.75 Å². The van der Waals surface area contributed by atoms with E-state index in [0.29, 0.717) is 29.8 Å². The summed E-state index contributed by atoms with van der Waals surface area (Å²) in [6.07, 6.45) is 0. The second-order valence-corrected chi connectivity index (χ2v) is 5.98. The maximum Gasteiger partial charge on any atom is 0.284 e. The Balaban J connectivity index is 1.89. The molecule has 1 N–H and O–H groups in total. The molecule has 0 aliphatic heterocycles. The Kier molecular flexibility index (Phi) is 5.93. The fraction of sp³-hybridized carbons (Fsp3) is 0.286. The number of halogens is 3. The molecular weight excluding hydrogens is 364 g/mol. The van der Waals surface area contributed by atoms with E-state index < -0.39 is 5.76 Å². The first-order valence-corrected chi connectivity index (χ1v) is 7.97. The molecule has 2 aromatic rings. The molecule has 1 heterocycles. The number of hydrogen-bond acceptors (Lipinski definition) is 4. The monoisotopic (exact) mass is 377 g/mol. The van der Waals surface area contributed by atoms with Crippen molar-refractivity contribution in [1.29, 1.82) is 0 Å². The van der Waals surface area contributed by atoms with Crippen LogP contribution in [0.4, 0.5) is 14.5 Å². The number of nitrogens with one attached hydrogen (secondary N) is 1. The first-order chi connectivity index (χ1) is 10.1. The summed E-state index contributed by atoms with van der Waals surface area (Å²) in [4.78, 5) is 0. The van der Waals surface area contributed by atoms with E-state index in [1.54, 1.807) is 19.2 Å². The molecule has 1 aromatic heterocycles. The van der Waals surface area contributed by atoms with Gasteiger partial charge in [0.05, 0.1) is 23.9 Å². The zero-order valence-electron chi connectivity index (χ0n) is 11.2. The van der Waals surface area contributed by atoms with E-state index in [2.05, 4.69) is 21.2 Å². The predicted octanol–water partition coefficient (Wildman–Crippen LogP) is 5.12. The van der Waals surface area contributed by atoms with Crippen molar-refractivity contribution in [3.63, 3.8) is 0 Å². The van der Waals surface area contributed by atoms with Crippen LogP contribution in [-0.4, -0.2) is 12.9 Å². The minimum atomic E-state index is -2.38. The van der Waals surface area contributed by atoms with Crippen LogP contribution in [0.5, 0.6) is 5.75 Å². The molecule has 2 rings (SSSR count). The number of rotatable bonds is 7. The lowest BCUT2D eigenvalue weighted by Crippen LogP contribution is -1.98. The summed E-state index contributed by atoms with van der Waals surface area (Å²) >= 11 is 3.96. The van der Waals surface area contributed by atoms with Crippen molar-refractivity contribution in [3.05, 3.63) is 46.3 Å². The lowest BCUT2D eigenvalue weighted by Gasteiger charge is -2.08. The Hall–Kier alpha value is -1.21. The highest BCUT2D eigenvalue weighted by Gasteiger charge is 2.07. The van der Waals surface area contributed by atoms with Gasteiger partial charge in [-0.2, -0.15) is 8.78 Å². The van der Waals surface area contributed by atoms with Gasteiger partial charge in [-0.05, 0) is 46.3 Å². The molecule has 0 aliphatic rings. The molecule has 0 amide bonds. The third kappa shape index (κ3) is 4.93. The van der Waals surface area contributed by atoms with Gasteiger partial charge in [0.25, 0.3) is 5.76 Å². The maximum absolute atomic E-state index is 12.1. The minimum absolute atomic E-state index is 0.172. The SMILES string of the molecule is COc1ccc(NCc2ccc(CSC(F)F)o2)cc1Br. The fourth-order valence-electron chi connectivity index (χ4n) is 1.71. The number of alkyl halides is 2. The molecule has 0 bridgehead atoms. The van der Waals surface area contributed by atoms with Gasteiger partial charge in [0.1, 0.15) is 17.3 Å². The number of thioether (sulfide) groups is 1. The molecular formula is C14H14BrF2NO2S. The van der Waals surface area contributed by atoms with Crippen LogP contribution in [0.25, 0.3) is 0 Å². The molecule has 0 spiro atoms. The largest absolute Gasteiger partial charge is 0.496 e. The van der Waals surface area contributed by atoms with Crippen molar-refractivity contribution < 1.29 is 17.9 Å². The van der Waals surface area contributed by atoms with Crippen LogP contribution < -0.4 is 10.1 Å². The van der Waals surface area contributed by atoms with E-state index in [0.717, 1.165) is 15.9 Å². The smallest absolute Gasteiger partial charge is 0.284 e. The first-order valence-electron chi connectivity index (χ1n) is 6.13. The van der Waals surface area contributed by atoms with Crippen molar-refractivity contribution in [2.24, 2.45) is 0 Å². The number of ether oxygens (including phenoxy) is 1. The van der Waals surface area contributed by atoms with Crippen molar-refractivity contribution in [3.8, 4) is 5.75 Å². The summed E-state index contributed by atoms with van der Waals surface area (Å²) in [6, 6.07) is 9.14. The van der Waals surface area contributed by atoms with Crippen molar-refractivity contribution in [2.45, 2.75) is 18.1 Å². The zero-order valence-corrected chi connectivity index (χ0v) is 13.6.